The number of fused-ring (bicyclic) bond motifs is 1. The van der Waals surface area contributed by atoms with E-state index in [1.807, 2.05) is 24.3 Å². The van der Waals surface area contributed by atoms with Crippen molar-refractivity contribution in [1.29, 1.82) is 0 Å². The molecule has 0 unspecified atom stereocenters. The number of alkyl halides is 3. The number of halogens is 3. The van der Waals surface area contributed by atoms with Gasteiger partial charge >= 0.3 is 6.18 Å². The molecule has 0 atom stereocenters. The predicted octanol–water partition coefficient (Wildman–Crippen LogP) is 4.24. The molecule has 1 aromatic carbocycles. The lowest BCUT2D eigenvalue weighted by Gasteiger charge is -2.11. The van der Waals surface area contributed by atoms with Crippen molar-refractivity contribution in [3.63, 3.8) is 0 Å². The molecule has 4 aromatic rings. The summed E-state index contributed by atoms with van der Waals surface area (Å²) in [5, 5.41) is 3.35. The van der Waals surface area contributed by atoms with E-state index in [9.17, 15) is 13.2 Å². The van der Waals surface area contributed by atoms with Crippen LogP contribution in [-0.2, 0) is 12.7 Å². The standard InChI is InChI=1S/C20H17F3N6O/c1-30-16-5-3-2-4-11(16)7-27-19-28-10-15(24)17(29-19)14-9-26-18-13(14)6-12(8-25-18)20(21,22)23/h2-6,8-10H,7,24H2,1H3,(H,25,26)(H,27,28,29). The average Bonchev–Trinajstić information content (AvgIpc) is 3.16. The highest BCUT2D eigenvalue weighted by molar-refractivity contribution is 5.95. The highest BCUT2D eigenvalue weighted by atomic mass is 19.4. The fourth-order valence-corrected chi connectivity index (χ4v) is 3.07. The maximum absolute atomic E-state index is 13.1. The molecular weight excluding hydrogens is 397 g/mol. The SMILES string of the molecule is COc1ccccc1CNc1ncc(N)c(-c2c[nH]c3ncc(C(F)(F)F)cc23)n1. The van der Waals surface area contributed by atoms with Crippen LogP contribution in [0.4, 0.5) is 24.8 Å². The molecule has 0 fully saturated rings. The molecule has 4 rings (SSSR count). The molecule has 10 heteroatoms. The third-order valence-corrected chi connectivity index (χ3v) is 4.56. The van der Waals surface area contributed by atoms with Crippen LogP contribution in [0.15, 0.2) is 48.9 Å². The molecule has 0 amide bonds. The second kappa shape index (κ2) is 7.54. The Morgan fingerprint density at radius 3 is 2.73 bits per heavy atom. The number of hydrogen-bond donors (Lipinski definition) is 3. The summed E-state index contributed by atoms with van der Waals surface area (Å²) in [6.45, 7) is 0.390. The van der Waals surface area contributed by atoms with Crippen molar-refractivity contribution in [2.24, 2.45) is 0 Å². The first-order chi connectivity index (χ1) is 14.4. The highest BCUT2D eigenvalue weighted by Gasteiger charge is 2.31. The van der Waals surface area contributed by atoms with Gasteiger partial charge in [0.05, 0.1) is 24.6 Å². The molecule has 0 bridgehead atoms. The molecule has 0 radical (unpaired) electrons. The number of pyridine rings is 1. The number of aromatic nitrogens is 4. The molecule has 7 nitrogen and oxygen atoms in total. The van der Waals surface area contributed by atoms with Gasteiger partial charge in [-0.15, -0.1) is 0 Å². The van der Waals surface area contributed by atoms with Crippen molar-refractivity contribution in [2.45, 2.75) is 12.7 Å². The number of nitrogen functional groups attached to an aromatic ring is 1. The first kappa shape index (κ1) is 19.5. The Morgan fingerprint density at radius 1 is 1.17 bits per heavy atom. The van der Waals surface area contributed by atoms with E-state index >= 15 is 0 Å². The molecule has 0 aliphatic rings. The van der Waals surface area contributed by atoms with Crippen LogP contribution in [0.1, 0.15) is 11.1 Å². The van der Waals surface area contributed by atoms with Crippen molar-refractivity contribution < 1.29 is 17.9 Å². The van der Waals surface area contributed by atoms with Crippen LogP contribution < -0.4 is 15.8 Å². The van der Waals surface area contributed by atoms with Crippen LogP contribution in [0.2, 0.25) is 0 Å². The van der Waals surface area contributed by atoms with E-state index in [0.29, 0.717) is 29.2 Å². The molecule has 0 aliphatic heterocycles. The van der Waals surface area contributed by atoms with Crippen molar-refractivity contribution in [2.75, 3.05) is 18.2 Å². The fourth-order valence-electron chi connectivity index (χ4n) is 3.07. The largest absolute Gasteiger partial charge is 0.496 e. The van der Waals surface area contributed by atoms with Gasteiger partial charge in [0.1, 0.15) is 17.1 Å². The lowest BCUT2D eigenvalue weighted by molar-refractivity contribution is -0.137. The van der Waals surface area contributed by atoms with E-state index in [2.05, 4.69) is 25.3 Å². The van der Waals surface area contributed by atoms with Crippen molar-refractivity contribution >= 4 is 22.7 Å². The number of H-pyrrole nitrogens is 1. The zero-order valence-corrected chi connectivity index (χ0v) is 15.8. The van der Waals surface area contributed by atoms with Crippen molar-refractivity contribution in [3.05, 3.63) is 60.0 Å². The first-order valence-electron chi connectivity index (χ1n) is 8.90. The number of nitrogens with one attached hydrogen (secondary N) is 2. The number of anilines is 2. The Kier molecular flexibility index (Phi) is 4.90. The van der Waals surface area contributed by atoms with Gasteiger partial charge in [-0.3, -0.25) is 0 Å². The maximum Gasteiger partial charge on any atom is 0.417 e. The zero-order chi connectivity index (χ0) is 21.3. The quantitative estimate of drug-likeness (QED) is 0.452. The third-order valence-electron chi connectivity index (χ3n) is 4.56. The fraction of sp³-hybridized carbons (Fsp3) is 0.150. The Hall–Kier alpha value is -3.82. The minimum Gasteiger partial charge on any atom is -0.496 e. The zero-order valence-electron chi connectivity index (χ0n) is 15.8. The number of ether oxygens (including phenoxy) is 1. The van der Waals surface area contributed by atoms with E-state index in [-0.39, 0.29) is 17.0 Å². The van der Waals surface area contributed by atoms with Crippen LogP contribution in [0.3, 0.4) is 0 Å². The topological polar surface area (TPSA) is 102 Å². The monoisotopic (exact) mass is 414 g/mol. The van der Waals surface area contributed by atoms with Crippen LogP contribution in [0.25, 0.3) is 22.3 Å². The van der Waals surface area contributed by atoms with E-state index in [4.69, 9.17) is 10.5 Å². The Morgan fingerprint density at radius 2 is 1.97 bits per heavy atom. The van der Waals surface area contributed by atoms with E-state index in [1.165, 1.54) is 12.4 Å². The van der Waals surface area contributed by atoms with Crippen LogP contribution in [-0.4, -0.2) is 27.0 Å². The van der Waals surface area contributed by atoms with E-state index in [1.54, 1.807) is 7.11 Å². The van der Waals surface area contributed by atoms with Gasteiger partial charge in [0.15, 0.2) is 0 Å². The van der Waals surface area contributed by atoms with Crippen LogP contribution in [0.5, 0.6) is 5.75 Å². The van der Waals surface area contributed by atoms with Gasteiger partial charge in [-0.2, -0.15) is 13.2 Å². The predicted molar refractivity (Wildman–Crippen MR) is 107 cm³/mol. The van der Waals surface area contributed by atoms with Crippen LogP contribution >= 0.6 is 0 Å². The molecule has 3 heterocycles. The van der Waals surface area contributed by atoms with E-state index < -0.39 is 11.7 Å². The summed E-state index contributed by atoms with van der Waals surface area (Å²) in [6.07, 6.45) is -0.784. The normalized spacial score (nSPS) is 11.6. The van der Waals surface area contributed by atoms with E-state index in [0.717, 1.165) is 17.8 Å². The molecule has 154 valence electrons. The summed E-state index contributed by atoms with van der Waals surface area (Å²) in [7, 11) is 1.58. The molecule has 30 heavy (non-hydrogen) atoms. The van der Waals surface area contributed by atoms with Crippen molar-refractivity contribution in [3.8, 4) is 17.0 Å². The smallest absolute Gasteiger partial charge is 0.417 e. The molecule has 3 aromatic heterocycles. The number of hydrogen-bond acceptors (Lipinski definition) is 6. The molecule has 0 aliphatic carbocycles. The Labute approximate surface area is 169 Å². The second-order valence-corrected chi connectivity index (χ2v) is 6.48. The second-order valence-electron chi connectivity index (χ2n) is 6.48. The number of benzene rings is 1. The summed E-state index contributed by atoms with van der Waals surface area (Å²) in [4.78, 5) is 15.3. The molecule has 0 saturated carbocycles. The Bertz CT molecular complexity index is 1200. The maximum atomic E-state index is 13.1. The summed E-state index contributed by atoms with van der Waals surface area (Å²) in [5.74, 6) is 0.988. The average molecular weight is 414 g/mol. The lowest BCUT2D eigenvalue weighted by atomic mass is 10.1. The molecule has 0 saturated heterocycles. The Balaban J connectivity index is 1.68. The summed E-state index contributed by atoms with van der Waals surface area (Å²) in [6, 6.07) is 8.50. The van der Waals surface area contributed by atoms with Gasteiger partial charge in [-0.1, -0.05) is 18.2 Å². The number of aromatic amines is 1. The number of nitrogens with two attached hydrogens (primary N) is 1. The van der Waals surface area contributed by atoms with Gasteiger partial charge in [-0.25, -0.2) is 15.0 Å². The number of para-hydroxylation sites is 1. The third kappa shape index (κ3) is 3.71. The van der Waals surface area contributed by atoms with Gasteiger partial charge in [0.2, 0.25) is 5.95 Å². The van der Waals surface area contributed by atoms with Crippen molar-refractivity contribution in [1.82, 2.24) is 19.9 Å². The lowest BCUT2D eigenvalue weighted by Crippen LogP contribution is -2.07. The summed E-state index contributed by atoms with van der Waals surface area (Å²) >= 11 is 0. The van der Waals surface area contributed by atoms with Gasteiger partial charge in [0, 0.05) is 35.5 Å². The first-order valence-corrected chi connectivity index (χ1v) is 8.90. The summed E-state index contributed by atoms with van der Waals surface area (Å²) < 4.78 is 44.6. The molecular formula is C20H17F3N6O. The van der Waals surface area contributed by atoms with Crippen LogP contribution in [0, 0.1) is 0 Å². The van der Waals surface area contributed by atoms with Gasteiger partial charge < -0.3 is 20.8 Å². The molecule has 4 N–H and O–H groups in total. The minimum atomic E-state index is -4.51. The van der Waals surface area contributed by atoms with Gasteiger partial charge in [0.25, 0.3) is 0 Å². The van der Waals surface area contributed by atoms with Gasteiger partial charge in [-0.05, 0) is 12.1 Å². The molecule has 0 spiro atoms. The number of methoxy groups -OCH3 is 1. The number of rotatable bonds is 5. The highest BCUT2D eigenvalue weighted by Crippen LogP contribution is 2.35. The summed E-state index contributed by atoms with van der Waals surface area (Å²) in [5.41, 5.74) is 7.32. The minimum absolute atomic E-state index is 0.233. The number of nitrogens with zero attached hydrogens (tertiary/aromatic N) is 3.